The molecule has 0 spiro atoms. The molecule has 3 heteroatoms. The van der Waals surface area contributed by atoms with E-state index in [1.165, 1.54) is 12.8 Å². The van der Waals surface area contributed by atoms with Crippen molar-refractivity contribution in [3.05, 3.63) is 0 Å². The van der Waals surface area contributed by atoms with Gasteiger partial charge in [-0.15, -0.1) is 23.2 Å². The number of ether oxygens (including phenoxy) is 1. The van der Waals surface area contributed by atoms with Gasteiger partial charge >= 0.3 is 0 Å². The van der Waals surface area contributed by atoms with Gasteiger partial charge in [0.15, 0.2) is 0 Å². The van der Waals surface area contributed by atoms with Crippen LogP contribution in [0.3, 0.4) is 0 Å². The maximum Gasteiger partial charge on any atom is 0.0545 e. The van der Waals surface area contributed by atoms with Crippen LogP contribution in [-0.2, 0) is 4.74 Å². The molecule has 90 valence electrons. The van der Waals surface area contributed by atoms with Gasteiger partial charge in [0, 0.05) is 23.8 Å². The Morgan fingerprint density at radius 3 is 2.27 bits per heavy atom. The summed E-state index contributed by atoms with van der Waals surface area (Å²) in [4.78, 5) is 0. The average molecular weight is 253 g/mol. The lowest BCUT2D eigenvalue weighted by molar-refractivity contribution is 0.0490. The zero-order valence-electron chi connectivity index (χ0n) is 9.77. The van der Waals surface area contributed by atoms with E-state index in [1.807, 2.05) is 0 Å². The predicted molar refractivity (Wildman–Crippen MR) is 66.9 cm³/mol. The second kappa shape index (κ2) is 6.32. The molecule has 0 bridgehead atoms. The molecule has 0 N–H and O–H groups in total. The standard InChI is InChI=1S/C12H22Cl2O/c1-10(2)5-12(7-13,8-14)9-15-6-11-3-4-11/h10-11H,3-9H2,1-2H3. The summed E-state index contributed by atoms with van der Waals surface area (Å²) in [6.07, 6.45) is 3.71. The van der Waals surface area contributed by atoms with Crippen molar-refractivity contribution >= 4 is 23.2 Å². The smallest absolute Gasteiger partial charge is 0.0545 e. The maximum absolute atomic E-state index is 6.04. The summed E-state index contributed by atoms with van der Waals surface area (Å²) >= 11 is 12.1. The van der Waals surface area contributed by atoms with Gasteiger partial charge in [0.1, 0.15) is 0 Å². The second-order valence-electron chi connectivity index (χ2n) is 5.32. The van der Waals surface area contributed by atoms with Crippen molar-refractivity contribution in [1.82, 2.24) is 0 Å². The first-order chi connectivity index (χ1) is 7.12. The first-order valence-corrected chi connectivity index (χ1v) is 6.88. The van der Waals surface area contributed by atoms with Crippen LogP contribution in [0.25, 0.3) is 0 Å². The molecule has 0 aromatic heterocycles. The zero-order chi connectivity index (χ0) is 11.3. The molecule has 0 aromatic rings. The van der Waals surface area contributed by atoms with Gasteiger partial charge in [0.05, 0.1) is 6.61 Å². The van der Waals surface area contributed by atoms with Gasteiger partial charge in [0.25, 0.3) is 0 Å². The Morgan fingerprint density at radius 2 is 1.87 bits per heavy atom. The molecule has 1 aliphatic carbocycles. The Morgan fingerprint density at radius 1 is 1.27 bits per heavy atom. The Balaban J connectivity index is 2.31. The van der Waals surface area contributed by atoms with Crippen LogP contribution in [0, 0.1) is 17.3 Å². The highest BCUT2D eigenvalue weighted by molar-refractivity contribution is 6.21. The third-order valence-electron chi connectivity index (χ3n) is 2.87. The summed E-state index contributed by atoms with van der Waals surface area (Å²) in [5.74, 6) is 2.62. The number of rotatable bonds is 8. The van der Waals surface area contributed by atoms with E-state index < -0.39 is 0 Å². The molecule has 1 saturated carbocycles. The van der Waals surface area contributed by atoms with Gasteiger partial charge in [-0.25, -0.2) is 0 Å². The fourth-order valence-corrected chi connectivity index (χ4v) is 2.53. The lowest BCUT2D eigenvalue weighted by atomic mass is 9.84. The summed E-state index contributed by atoms with van der Waals surface area (Å²) < 4.78 is 5.74. The van der Waals surface area contributed by atoms with Crippen LogP contribution in [0.4, 0.5) is 0 Å². The normalized spacial score (nSPS) is 17.4. The highest BCUT2D eigenvalue weighted by Gasteiger charge is 2.31. The number of halogens is 2. The topological polar surface area (TPSA) is 9.23 Å². The van der Waals surface area contributed by atoms with Crippen LogP contribution < -0.4 is 0 Å². The molecular weight excluding hydrogens is 231 g/mol. The van der Waals surface area contributed by atoms with Crippen LogP contribution in [0.15, 0.2) is 0 Å². The van der Waals surface area contributed by atoms with Gasteiger partial charge in [-0.3, -0.25) is 0 Å². The molecule has 0 radical (unpaired) electrons. The summed E-state index contributed by atoms with van der Waals surface area (Å²) in [6.45, 7) is 6.02. The minimum atomic E-state index is -0.0217. The molecular formula is C12H22Cl2O. The highest BCUT2D eigenvalue weighted by atomic mass is 35.5. The Bertz CT molecular complexity index is 174. The highest BCUT2D eigenvalue weighted by Crippen LogP contribution is 2.33. The first-order valence-electron chi connectivity index (χ1n) is 5.81. The lowest BCUT2D eigenvalue weighted by Gasteiger charge is -2.31. The molecule has 0 aromatic carbocycles. The largest absolute Gasteiger partial charge is 0.380 e. The lowest BCUT2D eigenvalue weighted by Crippen LogP contribution is -2.33. The third-order valence-corrected chi connectivity index (χ3v) is 4.00. The number of hydrogen-bond acceptors (Lipinski definition) is 1. The summed E-state index contributed by atoms with van der Waals surface area (Å²) in [6, 6.07) is 0. The number of alkyl halides is 2. The van der Waals surface area contributed by atoms with E-state index >= 15 is 0 Å². The van der Waals surface area contributed by atoms with E-state index in [0.29, 0.717) is 24.3 Å². The second-order valence-corrected chi connectivity index (χ2v) is 5.86. The fraction of sp³-hybridized carbons (Fsp3) is 1.00. The Labute approximate surface area is 103 Å². The first kappa shape index (κ1) is 13.6. The van der Waals surface area contributed by atoms with Crippen LogP contribution >= 0.6 is 23.2 Å². The van der Waals surface area contributed by atoms with Crippen molar-refractivity contribution in [1.29, 1.82) is 0 Å². The van der Waals surface area contributed by atoms with E-state index in [0.717, 1.165) is 18.9 Å². The van der Waals surface area contributed by atoms with Gasteiger partial charge in [-0.2, -0.15) is 0 Å². The van der Waals surface area contributed by atoms with Gasteiger partial charge in [-0.05, 0) is 31.1 Å². The quantitative estimate of drug-likeness (QED) is 0.596. The Kier molecular flexibility index (Phi) is 5.73. The summed E-state index contributed by atoms with van der Waals surface area (Å²) in [5.41, 5.74) is -0.0217. The number of hydrogen-bond donors (Lipinski definition) is 0. The molecule has 1 nitrogen and oxygen atoms in total. The molecule has 15 heavy (non-hydrogen) atoms. The van der Waals surface area contributed by atoms with Crippen LogP contribution in [0.2, 0.25) is 0 Å². The van der Waals surface area contributed by atoms with Gasteiger partial charge < -0.3 is 4.74 Å². The fourth-order valence-electron chi connectivity index (χ4n) is 1.87. The van der Waals surface area contributed by atoms with E-state index in [4.69, 9.17) is 27.9 Å². The third kappa shape index (κ3) is 4.93. The van der Waals surface area contributed by atoms with Crippen molar-refractivity contribution in [3.63, 3.8) is 0 Å². The molecule has 0 amide bonds. The molecule has 0 heterocycles. The van der Waals surface area contributed by atoms with Crippen molar-refractivity contribution in [2.45, 2.75) is 33.1 Å². The van der Waals surface area contributed by atoms with Crippen LogP contribution in [0.5, 0.6) is 0 Å². The average Bonchev–Trinajstić information content (AvgIpc) is 2.99. The van der Waals surface area contributed by atoms with Crippen LogP contribution in [-0.4, -0.2) is 25.0 Å². The van der Waals surface area contributed by atoms with Crippen molar-refractivity contribution in [2.24, 2.45) is 17.3 Å². The minimum Gasteiger partial charge on any atom is -0.380 e. The molecule has 0 aliphatic heterocycles. The molecule has 1 rings (SSSR count). The predicted octanol–water partition coefficient (Wildman–Crippen LogP) is 3.92. The van der Waals surface area contributed by atoms with Crippen molar-refractivity contribution in [2.75, 3.05) is 25.0 Å². The van der Waals surface area contributed by atoms with E-state index in [2.05, 4.69) is 13.8 Å². The van der Waals surface area contributed by atoms with Crippen LogP contribution in [0.1, 0.15) is 33.1 Å². The Hall–Kier alpha value is 0.540. The summed E-state index contributed by atoms with van der Waals surface area (Å²) in [5, 5.41) is 0. The van der Waals surface area contributed by atoms with Crippen molar-refractivity contribution < 1.29 is 4.74 Å². The monoisotopic (exact) mass is 252 g/mol. The van der Waals surface area contributed by atoms with E-state index in [-0.39, 0.29) is 5.41 Å². The van der Waals surface area contributed by atoms with Gasteiger partial charge in [-0.1, -0.05) is 13.8 Å². The SMILES string of the molecule is CC(C)CC(CCl)(CCl)COCC1CC1. The maximum atomic E-state index is 6.04. The summed E-state index contributed by atoms with van der Waals surface area (Å²) in [7, 11) is 0. The molecule has 0 atom stereocenters. The zero-order valence-corrected chi connectivity index (χ0v) is 11.3. The van der Waals surface area contributed by atoms with Gasteiger partial charge in [0.2, 0.25) is 0 Å². The van der Waals surface area contributed by atoms with E-state index in [1.54, 1.807) is 0 Å². The molecule has 1 fully saturated rings. The molecule has 0 saturated heterocycles. The van der Waals surface area contributed by atoms with E-state index in [9.17, 15) is 0 Å². The minimum absolute atomic E-state index is 0.0217. The van der Waals surface area contributed by atoms with Crippen molar-refractivity contribution in [3.8, 4) is 0 Å². The molecule has 1 aliphatic rings. The molecule has 0 unspecified atom stereocenters.